The lowest BCUT2D eigenvalue weighted by atomic mass is 10.2. The van der Waals surface area contributed by atoms with Crippen LogP contribution in [0.15, 0.2) is 92.6 Å². The molecule has 1 N–H and O–H groups in total. The molecule has 2 aromatic heterocycles. The largest absolute Gasteiger partial charge is 0.493 e. The number of hydrogen-bond donors (Lipinski definition) is 1. The third-order valence-electron chi connectivity index (χ3n) is 5.62. The molecule has 0 saturated carbocycles. The minimum Gasteiger partial charge on any atom is -0.493 e. The standard InChI is InChI=1S/C26H22N4O6S/c1-3-30(19-9-5-4-6-10-19)37(32,33)20-14-12-17(13-15-20)24(31)27-26-29-28-25(36-26)22-16-18-8-7-11-21(34-2)23(18)35-22/h4-16H,3H2,1-2H3,(H,27,29,31). The van der Waals surface area contributed by atoms with Gasteiger partial charge in [0, 0.05) is 17.5 Å². The molecule has 1 amide bonds. The first-order valence-electron chi connectivity index (χ1n) is 11.3. The Morgan fingerprint density at radius 3 is 2.43 bits per heavy atom. The third kappa shape index (κ3) is 4.64. The van der Waals surface area contributed by atoms with Gasteiger partial charge in [0.05, 0.1) is 17.7 Å². The van der Waals surface area contributed by atoms with Crippen LogP contribution in [-0.2, 0) is 10.0 Å². The van der Waals surface area contributed by atoms with Crippen LogP contribution in [0.25, 0.3) is 22.6 Å². The van der Waals surface area contributed by atoms with Gasteiger partial charge in [-0.05, 0) is 55.5 Å². The summed E-state index contributed by atoms with van der Waals surface area (Å²) in [4.78, 5) is 12.8. The summed E-state index contributed by atoms with van der Waals surface area (Å²) in [6.45, 7) is 2.01. The number of furan rings is 1. The van der Waals surface area contributed by atoms with E-state index in [9.17, 15) is 13.2 Å². The summed E-state index contributed by atoms with van der Waals surface area (Å²) in [5.74, 6) is 0.422. The quantitative estimate of drug-likeness (QED) is 0.305. The molecule has 0 aliphatic rings. The van der Waals surface area contributed by atoms with E-state index >= 15 is 0 Å². The van der Waals surface area contributed by atoms with Gasteiger partial charge >= 0.3 is 6.01 Å². The van der Waals surface area contributed by atoms with Gasteiger partial charge in [0.15, 0.2) is 17.1 Å². The van der Waals surface area contributed by atoms with Crippen molar-refractivity contribution in [1.82, 2.24) is 10.2 Å². The zero-order valence-corrected chi connectivity index (χ0v) is 20.7. The van der Waals surface area contributed by atoms with Crippen molar-refractivity contribution in [1.29, 1.82) is 0 Å². The first kappa shape index (κ1) is 24.1. The van der Waals surface area contributed by atoms with Gasteiger partial charge in [-0.1, -0.05) is 35.4 Å². The van der Waals surface area contributed by atoms with Crippen molar-refractivity contribution in [3.8, 4) is 17.4 Å². The Morgan fingerprint density at radius 2 is 1.73 bits per heavy atom. The number of anilines is 2. The third-order valence-corrected chi connectivity index (χ3v) is 7.54. The molecule has 0 saturated heterocycles. The zero-order valence-electron chi connectivity index (χ0n) is 19.9. The SMILES string of the molecule is CCN(c1ccccc1)S(=O)(=O)c1ccc(C(=O)Nc2nnc(-c3cc4cccc(OC)c4o3)o2)cc1. The molecule has 0 spiro atoms. The second-order valence-electron chi connectivity index (χ2n) is 7.89. The molecule has 37 heavy (non-hydrogen) atoms. The summed E-state index contributed by atoms with van der Waals surface area (Å²) in [6, 6.07) is 21.5. The fourth-order valence-electron chi connectivity index (χ4n) is 3.84. The Balaban J connectivity index is 1.32. The van der Waals surface area contributed by atoms with Gasteiger partial charge in [0.1, 0.15) is 0 Å². The van der Waals surface area contributed by atoms with Gasteiger partial charge in [-0.25, -0.2) is 8.42 Å². The Bertz CT molecular complexity index is 1660. The number of nitrogens with one attached hydrogen (secondary N) is 1. The van der Waals surface area contributed by atoms with Crippen molar-refractivity contribution in [2.45, 2.75) is 11.8 Å². The van der Waals surface area contributed by atoms with E-state index in [1.165, 1.54) is 28.6 Å². The monoisotopic (exact) mass is 518 g/mol. The van der Waals surface area contributed by atoms with Gasteiger partial charge < -0.3 is 13.6 Å². The summed E-state index contributed by atoms with van der Waals surface area (Å²) >= 11 is 0. The predicted octanol–water partition coefficient (Wildman–Crippen LogP) is 4.96. The predicted molar refractivity (Wildman–Crippen MR) is 137 cm³/mol. The molecule has 3 aromatic carbocycles. The average molecular weight is 519 g/mol. The van der Waals surface area contributed by atoms with Gasteiger partial charge in [-0.3, -0.25) is 14.4 Å². The average Bonchev–Trinajstić information content (AvgIpc) is 3.56. The van der Waals surface area contributed by atoms with Crippen molar-refractivity contribution in [2.24, 2.45) is 0 Å². The summed E-state index contributed by atoms with van der Waals surface area (Å²) in [6.07, 6.45) is 0. The fourth-order valence-corrected chi connectivity index (χ4v) is 5.31. The van der Waals surface area contributed by atoms with Gasteiger partial charge in [0.2, 0.25) is 0 Å². The lowest BCUT2D eigenvalue weighted by Crippen LogP contribution is -2.30. The lowest BCUT2D eigenvalue weighted by molar-refractivity contribution is 0.102. The van der Waals surface area contributed by atoms with Crippen molar-refractivity contribution in [2.75, 3.05) is 23.3 Å². The number of ether oxygens (including phenoxy) is 1. The molecule has 0 aliphatic heterocycles. The molecule has 0 bridgehead atoms. The van der Waals surface area contributed by atoms with E-state index in [1.807, 2.05) is 18.2 Å². The molecule has 0 atom stereocenters. The van der Waals surface area contributed by atoms with Crippen LogP contribution in [0.4, 0.5) is 11.7 Å². The van der Waals surface area contributed by atoms with E-state index in [4.69, 9.17) is 13.6 Å². The molecule has 5 aromatic rings. The maximum Gasteiger partial charge on any atom is 0.322 e. The van der Waals surface area contributed by atoms with Crippen LogP contribution in [0.1, 0.15) is 17.3 Å². The molecule has 10 nitrogen and oxygen atoms in total. The Labute approximate surface area is 212 Å². The summed E-state index contributed by atoms with van der Waals surface area (Å²) < 4.78 is 44.2. The van der Waals surface area contributed by atoms with Crippen LogP contribution in [0.2, 0.25) is 0 Å². The smallest absolute Gasteiger partial charge is 0.322 e. The van der Waals surface area contributed by atoms with Gasteiger partial charge in [-0.15, -0.1) is 5.10 Å². The number of nitrogens with zero attached hydrogens (tertiary/aromatic N) is 3. The molecule has 2 heterocycles. The Hall–Kier alpha value is -4.64. The van der Waals surface area contributed by atoms with E-state index in [2.05, 4.69) is 15.5 Å². The highest BCUT2D eigenvalue weighted by Gasteiger charge is 2.24. The molecule has 0 radical (unpaired) electrons. The summed E-state index contributed by atoms with van der Waals surface area (Å²) in [5.41, 5.74) is 1.31. The van der Waals surface area contributed by atoms with Gasteiger partial charge in [0.25, 0.3) is 21.8 Å². The number of aromatic nitrogens is 2. The highest BCUT2D eigenvalue weighted by atomic mass is 32.2. The van der Waals surface area contributed by atoms with E-state index in [-0.39, 0.29) is 28.9 Å². The first-order chi connectivity index (χ1) is 17.9. The number of hydrogen-bond acceptors (Lipinski definition) is 8. The van der Waals surface area contributed by atoms with Crippen molar-refractivity contribution in [3.63, 3.8) is 0 Å². The normalized spacial score (nSPS) is 11.4. The Morgan fingerprint density at radius 1 is 0.973 bits per heavy atom. The molecule has 0 unspecified atom stereocenters. The zero-order chi connectivity index (χ0) is 26.0. The number of benzene rings is 3. The van der Waals surface area contributed by atoms with Crippen molar-refractivity contribution >= 4 is 38.6 Å². The fraction of sp³-hybridized carbons (Fsp3) is 0.115. The van der Waals surface area contributed by atoms with E-state index in [0.717, 1.165) is 5.39 Å². The lowest BCUT2D eigenvalue weighted by Gasteiger charge is -2.22. The van der Waals surface area contributed by atoms with E-state index < -0.39 is 15.9 Å². The number of carbonyl (C=O) groups excluding carboxylic acids is 1. The molecule has 0 aliphatic carbocycles. The number of amides is 1. The first-order valence-corrected chi connectivity index (χ1v) is 12.7. The van der Waals surface area contributed by atoms with E-state index in [1.54, 1.807) is 50.4 Å². The number of carbonyl (C=O) groups is 1. The molecular weight excluding hydrogens is 496 g/mol. The Kier molecular flexibility index (Phi) is 6.36. The number of methoxy groups -OCH3 is 1. The number of rotatable bonds is 8. The van der Waals surface area contributed by atoms with Crippen LogP contribution in [0.5, 0.6) is 5.75 Å². The molecule has 5 rings (SSSR count). The highest BCUT2D eigenvalue weighted by Crippen LogP contribution is 2.33. The highest BCUT2D eigenvalue weighted by molar-refractivity contribution is 7.92. The van der Waals surface area contributed by atoms with Crippen molar-refractivity contribution < 1.29 is 26.8 Å². The van der Waals surface area contributed by atoms with E-state index in [0.29, 0.717) is 22.8 Å². The molecule has 0 fully saturated rings. The van der Waals surface area contributed by atoms with Crippen LogP contribution >= 0.6 is 0 Å². The minimum atomic E-state index is -3.81. The topological polar surface area (TPSA) is 128 Å². The number of fused-ring (bicyclic) bond motifs is 1. The number of sulfonamides is 1. The second kappa shape index (κ2) is 9.78. The molecule has 11 heteroatoms. The van der Waals surface area contributed by atoms with Crippen molar-refractivity contribution in [3.05, 3.63) is 84.4 Å². The minimum absolute atomic E-state index is 0.0649. The summed E-state index contributed by atoms with van der Waals surface area (Å²) in [5, 5.41) is 11.1. The second-order valence-corrected chi connectivity index (χ2v) is 9.75. The summed E-state index contributed by atoms with van der Waals surface area (Å²) in [7, 11) is -2.26. The molecule has 188 valence electrons. The van der Waals surface area contributed by atoms with Crippen LogP contribution in [0, 0.1) is 0 Å². The number of para-hydroxylation sites is 2. The van der Waals surface area contributed by atoms with Crippen LogP contribution in [-0.4, -0.2) is 38.2 Å². The maximum atomic E-state index is 13.2. The molecular formula is C26H22N4O6S. The van der Waals surface area contributed by atoms with Crippen LogP contribution < -0.4 is 14.4 Å². The van der Waals surface area contributed by atoms with Crippen LogP contribution in [0.3, 0.4) is 0 Å². The maximum absolute atomic E-state index is 13.2. The van der Waals surface area contributed by atoms with Gasteiger partial charge in [-0.2, -0.15) is 0 Å².